The summed E-state index contributed by atoms with van der Waals surface area (Å²) in [5.41, 5.74) is 6.25. The second kappa shape index (κ2) is 6.41. The summed E-state index contributed by atoms with van der Waals surface area (Å²) < 4.78 is 12.2. The van der Waals surface area contributed by atoms with Gasteiger partial charge in [-0.3, -0.25) is 14.5 Å². The number of fused-ring (bicyclic) bond motifs is 8. The molecule has 0 fully saturated rings. The van der Waals surface area contributed by atoms with Gasteiger partial charge in [-0.1, -0.05) is 0 Å². The Labute approximate surface area is 160 Å². The molecule has 2 aliphatic heterocycles. The molecule has 7 nitrogen and oxygen atoms in total. The van der Waals surface area contributed by atoms with Crippen molar-refractivity contribution >= 4 is 35.0 Å². The van der Waals surface area contributed by atoms with Crippen molar-refractivity contribution in [2.75, 3.05) is 0 Å². The third kappa shape index (κ3) is 3.29. The largest absolute Gasteiger partial charge is 0.360 e. The molecule has 142 valence electrons. The molecule has 0 aliphatic carbocycles. The highest BCUT2D eigenvalue weighted by molar-refractivity contribution is 7.60. The van der Waals surface area contributed by atoms with Crippen LogP contribution in [-0.4, -0.2) is 29.7 Å². The summed E-state index contributed by atoms with van der Waals surface area (Å²) in [5.74, 6) is 0. The van der Waals surface area contributed by atoms with E-state index in [0.717, 1.165) is 46.5 Å². The summed E-state index contributed by atoms with van der Waals surface area (Å²) in [7, 11) is -4.50. The quantitative estimate of drug-likeness (QED) is 0.474. The van der Waals surface area contributed by atoms with Crippen molar-refractivity contribution in [1.29, 1.82) is 0 Å². The third-order valence-corrected chi connectivity index (χ3v) is 6.13. The molecule has 4 N–H and O–H groups in total. The van der Waals surface area contributed by atoms with Crippen LogP contribution in [0.25, 0.3) is 22.1 Å². The zero-order valence-corrected chi connectivity index (χ0v) is 15.9. The lowest BCUT2D eigenvalue weighted by atomic mass is 10.2. The fourth-order valence-corrected chi connectivity index (χ4v) is 4.76. The Hall–Kier alpha value is -2.73. The minimum atomic E-state index is -4.50. The van der Waals surface area contributed by atoms with E-state index < -0.39 is 7.60 Å². The molecule has 5 rings (SSSR count). The fourth-order valence-electron chi connectivity index (χ4n) is 3.82. The second-order valence-corrected chi connectivity index (χ2v) is 8.70. The molecule has 0 spiro atoms. The van der Waals surface area contributed by atoms with Crippen LogP contribution in [-0.2, 0) is 30.2 Å². The van der Waals surface area contributed by atoms with Gasteiger partial charge in [0.1, 0.15) is 5.30 Å². The summed E-state index contributed by atoms with van der Waals surface area (Å²) in [6, 6.07) is 13.4. The van der Waals surface area contributed by atoms with Crippen LogP contribution in [0.1, 0.15) is 22.8 Å². The molecule has 0 saturated heterocycles. The van der Waals surface area contributed by atoms with Crippen molar-refractivity contribution in [2.24, 2.45) is 0 Å². The summed E-state index contributed by atoms with van der Waals surface area (Å²) in [4.78, 5) is 35.6. The summed E-state index contributed by atoms with van der Waals surface area (Å²) >= 11 is 0. The molecule has 28 heavy (non-hydrogen) atoms. The maximum atomic E-state index is 12.2. The lowest BCUT2D eigenvalue weighted by Crippen LogP contribution is -2.11. The fraction of sp³-hybridized carbons (Fsp3) is 0.200. The van der Waals surface area contributed by atoms with Gasteiger partial charge in [-0.15, -0.1) is 0 Å². The van der Waals surface area contributed by atoms with Crippen LogP contribution < -0.4 is 5.30 Å². The average molecular weight is 394 g/mol. The van der Waals surface area contributed by atoms with Gasteiger partial charge < -0.3 is 19.8 Å². The van der Waals surface area contributed by atoms with Gasteiger partial charge in [-0.2, -0.15) is 0 Å². The molecule has 0 unspecified atom stereocenters. The van der Waals surface area contributed by atoms with Crippen molar-refractivity contribution < 1.29 is 14.4 Å². The van der Waals surface area contributed by atoms with Crippen molar-refractivity contribution in [2.45, 2.75) is 25.7 Å². The smallest absolute Gasteiger partial charge is 0.355 e. The minimum Gasteiger partial charge on any atom is -0.355 e. The van der Waals surface area contributed by atoms with Crippen LogP contribution in [0, 0.1) is 0 Å². The molecule has 5 heterocycles. The first-order chi connectivity index (χ1) is 13.4. The highest BCUT2D eigenvalue weighted by Crippen LogP contribution is 2.36. The third-order valence-electron chi connectivity index (χ3n) is 5.05. The molecule has 8 bridgehead atoms. The summed E-state index contributed by atoms with van der Waals surface area (Å²) in [5, 5.41) is -0.0243. The normalized spacial score (nSPS) is 14.4. The van der Waals surface area contributed by atoms with Gasteiger partial charge in [-0.05, 0) is 68.1 Å². The Morgan fingerprint density at radius 1 is 0.750 bits per heavy atom. The highest BCUT2D eigenvalue weighted by atomic mass is 31.2. The lowest BCUT2D eigenvalue weighted by molar-refractivity contribution is 0.387. The number of hydrogen-bond donors (Lipinski definition) is 4. The van der Waals surface area contributed by atoms with E-state index in [1.54, 1.807) is 6.07 Å². The van der Waals surface area contributed by atoms with Gasteiger partial charge in [-0.25, -0.2) is 0 Å². The molecular formula is C20H19N4O3P. The number of aromatic amines is 2. The van der Waals surface area contributed by atoms with E-state index in [1.165, 1.54) is 0 Å². The molecule has 0 aromatic carbocycles. The van der Waals surface area contributed by atoms with Crippen LogP contribution >= 0.6 is 7.60 Å². The van der Waals surface area contributed by atoms with Gasteiger partial charge in [0.05, 0.1) is 11.2 Å². The molecule has 0 amide bonds. The number of hydrogen-bond acceptors (Lipinski definition) is 3. The Morgan fingerprint density at radius 2 is 1.29 bits per heavy atom. The number of aryl methyl sites for hydroxylation is 4. The molecule has 8 heteroatoms. The zero-order chi connectivity index (χ0) is 19.3. The number of H-pyrrole nitrogens is 2. The van der Waals surface area contributed by atoms with Crippen molar-refractivity contribution in [3.63, 3.8) is 0 Å². The van der Waals surface area contributed by atoms with E-state index in [9.17, 15) is 14.4 Å². The topological polar surface area (TPSA) is 115 Å². The molecule has 3 aromatic rings. The Bertz CT molecular complexity index is 1290. The minimum absolute atomic E-state index is 0.0243. The lowest BCUT2D eigenvalue weighted by Gasteiger charge is -2.05. The molecule has 2 aliphatic rings. The maximum absolute atomic E-state index is 12.2. The average Bonchev–Trinajstić information content (AvgIpc) is 3.38. The van der Waals surface area contributed by atoms with Gasteiger partial charge in [0.15, 0.2) is 0 Å². The Kier molecular flexibility index (Phi) is 3.98. The number of rotatable bonds is 1. The van der Waals surface area contributed by atoms with Crippen LogP contribution in [0.3, 0.4) is 0 Å². The van der Waals surface area contributed by atoms with Crippen molar-refractivity contribution in [1.82, 2.24) is 19.9 Å². The second-order valence-electron chi connectivity index (χ2n) is 7.17. The first kappa shape index (κ1) is 17.4. The predicted octanol–water partition coefficient (Wildman–Crippen LogP) is 2.69. The van der Waals surface area contributed by atoms with Crippen LogP contribution in [0.5, 0.6) is 0 Å². The van der Waals surface area contributed by atoms with Gasteiger partial charge in [0.25, 0.3) is 0 Å². The molecule has 0 atom stereocenters. The predicted molar refractivity (Wildman–Crippen MR) is 107 cm³/mol. The monoisotopic (exact) mass is 394 g/mol. The van der Waals surface area contributed by atoms with Crippen LogP contribution in [0.4, 0.5) is 0 Å². The van der Waals surface area contributed by atoms with E-state index in [-0.39, 0.29) is 5.30 Å². The number of aromatic nitrogens is 4. The SMILES string of the molecule is O=P(O)(O)c1c2nc(cc3ccc(cc4nc(cc5ccc1[nH]5)CC4)[nH]3)CC2. The van der Waals surface area contributed by atoms with Crippen LogP contribution in [0.15, 0.2) is 42.5 Å². The van der Waals surface area contributed by atoms with E-state index in [1.807, 2.05) is 30.3 Å². The van der Waals surface area contributed by atoms with E-state index in [0.29, 0.717) is 24.1 Å². The number of nitrogens with one attached hydrogen (secondary N) is 2. The standard InChI is InChI=1S/C20H19N4O3P/c25-28(26,27)20-18-7-5-16(23-18)10-14-3-1-12(21-14)9-13-2-4-15(22-13)11-17-6-8-19(20)24-17/h1,3,6,8-11,21,24H,2,4-5,7H2,(H2,25,26,27). The molecular weight excluding hydrogens is 375 g/mol. The molecule has 3 aromatic heterocycles. The van der Waals surface area contributed by atoms with E-state index in [4.69, 9.17) is 0 Å². The first-order valence-electron chi connectivity index (χ1n) is 9.17. The van der Waals surface area contributed by atoms with E-state index in [2.05, 4.69) is 26.0 Å². The van der Waals surface area contributed by atoms with Crippen molar-refractivity contribution in [3.05, 3.63) is 65.2 Å². The Balaban J connectivity index is 1.89. The van der Waals surface area contributed by atoms with Gasteiger partial charge >= 0.3 is 7.60 Å². The van der Waals surface area contributed by atoms with E-state index >= 15 is 0 Å². The van der Waals surface area contributed by atoms with Crippen LogP contribution in [0.2, 0.25) is 0 Å². The van der Waals surface area contributed by atoms with Gasteiger partial charge in [0, 0.05) is 33.6 Å². The van der Waals surface area contributed by atoms with Gasteiger partial charge in [0.2, 0.25) is 0 Å². The maximum Gasteiger partial charge on any atom is 0.360 e. The summed E-state index contributed by atoms with van der Waals surface area (Å²) in [6.07, 6.45) is 2.83. The zero-order valence-electron chi connectivity index (χ0n) is 15.0. The molecule has 0 saturated carbocycles. The Morgan fingerprint density at radius 3 is 1.93 bits per heavy atom. The highest BCUT2D eigenvalue weighted by Gasteiger charge is 2.26. The first-order valence-corrected chi connectivity index (χ1v) is 10.8. The summed E-state index contributed by atoms with van der Waals surface area (Å²) in [6.45, 7) is 0. The number of nitrogens with zero attached hydrogens (tertiary/aromatic N) is 2. The molecule has 0 radical (unpaired) electrons. The van der Waals surface area contributed by atoms with Crippen molar-refractivity contribution in [3.8, 4) is 0 Å².